The van der Waals surface area contributed by atoms with Gasteiger partial charge in [0.05, 0.1) is 30.8 Å². The van der Waals surface area contributed by atoms with E-state index in [1.165, 1.54) is 0 Å². The van der Waals surface area contributed by atoms with E-state index in [1.54, 1.807) is 6.33 Å². The smallest absolute Gasteiger partial charge is 0.224 e. The van der Waals surface area contributed by atoms with Gasteiger partial charge in [0.15, 0.2) is 0 Å². The molecule has 2 fully saturated rings. The molecule has 8 heteroatoms. The number of H-pyrrole nitrogens is 1. The monoisotopic (exact) mass is 375 g/mol. The van der Waals surface area contributed by atoms with Crippen LogP contribution in [-0.4, -0.2) is 77.0 Å². The number of hydrogen-bond acceptors (Lipinski definition) is 5. The van der Waals surface area contributed by atoms with Gasteiger partial charge in [0.2, 0.25) is 11.8 Å². The molecule has 1 atom stereocenters. The van der Waals surface area contributed by atoms with Gasteiger partial charge in [-0.05, 0) is 12.8 Å². The lowest BCUT2D eigenvalue weighted by atomic mass is 9.78. The fraction of sp³-hybridized carbons (Fsp3) is 0.737. The number of morpholine rings is 1. The SMILES string of the molecule is CCC(=O)N1CCc2[nH]cnc2C12CCN(C(=O)C[C@H]1COCCN1)CC2. The lowest BCUT2D eigenvalue weighted by Crippen LogP contribution is -2.59. The molecule has 0 saturated carbocycles. The third-order valence-electron chi connectivity index (χ3n) is 6.23. The molecule has 3 aliphatic rings. The van der Waals surface area contributed by atoms with E-state index < -0.39 is 0 Å². The number of carbonyl (C=O) groups excluding carboxylic acids is 2. The molecule has 27 heavy (non-hydrogen) atoms. The highest BCUT2D eigenvalue weighted by Crippen LogP contribution is 2.42. The van der Waals surface area contributed by atoms with Gasteiger partial charge < -0.3 is 24.8 Å². The van der Waals surface area contributed by atoms with E-state index in [1.807, 2.05) is 16.7 Å². The molecule has 0 radical (unpaired) electrons. The number of fused-ring (bicyclic) bond motifs is 2. The van der Waals surface area contributed by atoms with Crippen molar-refractivity contribution in [3.05, 3.63) is 17.7 Å². The second kappa shape index (κ2) is 7.59. The zero-order chi connectivity index (χ0) is 18.9. The molecule has 2 amide bonds. The number of likely N-dealkylation sites (tertiary alicyclic amines) is 1. The van der Waals surface area contributed by atoms with Crippen LogP contribution in [0.3, 0.4) is 0 Å². The quantitative estimate of drug-likeness (QED) is 0.798. The summed E-state index contributed by atoms with van der Waals surface area (Å²) < 4.78 is 5.45. The number of amides is 2. The van der Waals surface area contributed by atoms with Crippen molar-refractivity contribution in [2.75, 3.05) is 39.4 Å². The Kier molecular flexibility index (Phi) is 5.19. The second-order valence-electron chi connectivity index (χ2n) is 7.72. The lowest BCUT2D eigenvalue weighted by molar-refractivity contribution is -0.144. The number of hydrogen-bond donors (Lipinski definition) is 2. The zero-order valence-electron chi connectivity index (χ0n) is 16.0. The largest absolute Gasteiger partial charge is 0.378 e. The molecule has 3 aliphatic heterocycles. The van der Waals surface area contributed by atoms with Crippen LogP contribution in [0.15, 0.2) is 6.33 Å². The maximum atomic E-state index is 12.7. The van der Waals surface area contributed by atoms with Crippen LogP contribution in [0.25, 0.3) is 0 Å². The Morgan fingerprint density at radius 1 is 1.30 bits per heavy atom. The van der Waals surface area contributed by atoms with E-state index >= 15 is 0 Å². The molecule has 0 unspecified atom stereocenters. The highest BCUT2D eigenvalue weighted by molar-refractivity contribution is 5.78. The zero-order valence-corrected chi connectivity index (χ0v) is 16.0. The predicted octanol–water partition coefficient (Wildman–Crippen LogP) is 0.401. The summed E-state index contributed by atoms with van der Waals surface area (Å²) in [4.78, 5) is 37.2. The fourth-order valence-electron chi connectivity index (χ4n) is 4.76. The van der Waals surface area contributed by atoms with Crippen LogP contribution < -0.4 is 5.32 Å². The Labute approximate surface area is 159 Å². The van der Waals surface area contributed by atoms with E-state index in [0.717, 1.165) is 43.7 Å². The van der Waals surface area contributed by atoms with Crippen molar-refractivity contribution in [2.45, 2.75) is 50.6 Å². The van der Waals surface area contributed by atoms with Crippen LogP contribution in [0, 0.1) is 0 Å². The minimum Gasteiger partial charge on any atom is -0.378 e. The van der Waals surface area contributed by atoms with E-state index in [0.29, 0.717) is 39.1 Å². The van der Waals surface area contributed by atoms with Gasteiger partial charge in [-0.2, -0.15) is 0 Å². The summed E-state index contributed by atoms with van der Waals surface area (Å²) in [7, 11) is 0. The van der Waals surface area contributed by atoms with Crippen molar-refractivity contribution in [2.24, 2.45) is 0 Å². The Morgan fingerprint density at radius 3 is 2.81 bits per heavy atom. The number of aromatic nitrogens is 2. The number of nitrogens with one attached hydrogen (secondary N) is 2. The van der Waals surface area contributed by atoms with Gasteiger partial charge in [-0.1, -0.05) is 6.92 Å². The Morgan fingerprint density at radius 2 is 2.11 bits per heavy atom. The first-order valence-electron chi connectivity index (χ1n) is 10.1. The number of ether oxygens (including phenoxy) is 1. The summed E-state index contributed by atoms with van der Waals surface area (Å²) in [5.74, 6) is 0.339. The van der Waals surface area contributed by atoms with E-state index in [2.05, 4.69) is 15.3 Å². The minimum absolute atomic E-state index is 0.105. The van der Waals surface area contributed by atoms with Gasteiger partial charge in [-0.25, -0.2) is 4.98 Å². The van der Waals surface area contributed by atoms with Crippen molar-refractivity contribution >= 4 is 11.8 Å². The summed E-state index contributed by atoms with van der Waals surface area (Å²) in [6.07, 6.45) is 5.01. The third-order valence-corrected chi connectivity index (χ3v) is 6.23. The fourth-order valence-corrected chi connectivity index (χ4v) is 4.76. The Bertz CT molecular complexity index is 689. The second-order valence-corrected chi connectivity index (χ2v) is 7.72. The third kappa shape index (κ3) is 3.36. The van der Waals surface area contributed by atoms with Crippen LogP contribution in [0.2, 0.25) is 0 Å². The number of rotatable bonds is 3. The standard InChI is InChI=1S/C19H29N5O3/c1-2-16(25)24-7-3-15-18(22-13-21-15)19(24)4-8-23(9-5-19)17(26)11-14-12-27-10-6-20-14/h13-14,20H,2-12H2,1H3,(H,21,22)/t14-/m0/s1. The normalized spacial score (nSPS) is 24.7. The average molecular weight is 375 g/mol. The number of nitrogens with zero attached hydrogens (tertiary/aromatic N) is 3. The molecule has 2 N–H and O–H groups in total. The average Bonchev–Trinajstić information content (AvgIpc) is 3.19. The summed E-state index contributed by atoms with van der Waals surface area (Å²) >= 11 is 0. The molecule has 1 aromatic rings. The van der Waals surface area contributed by atoms with Gasteiger partial charge in [0.1, 0.15) is 0 Å². The molecule has 148 valence electrons. The van der Waals surface area contributed by atoms with Crippen LogP contribution in [0.1, 0.15) is 44.0 Å². The summed E-state index contributed by atoms with van der Waals surface area (Å²) in [6, 6.07) is 0.105. The number of imidazole rings is 1. The highest BCUT2D eigenvalue weighted by Gasteiger charge is 2.48. The topological polar surface area (TPSA) is 90.6 Å². The van der Waals surface area contributed by atoms with Crippen molar-refractivity contribution in [1.29, 1.82) is 0 Å². The van der Waals surface area contributed by atoms with Crippen LogP contribution in [0.5, 0.6) is 0 Å². The van der Waals surface area contributed by atoms with Gasteiger partial charge in [0.25, 0.3) is 0 Å². The highest BCUT2D eigenvalue weighted by atomic mass is 16.5. The molecule has 8 nitrogen and oxygen atoms in total. The maximum Gasteiger partial charge on any atom is 0.224 e. The molecule has 0 aliphatic carbocycles. The van der Waals surface area contributed by atoms with Gasteiger partial charge in [0, 0.05) is 57.2 Å². The molecule has 1 aromatic heterocycles. The van der Waals surface area contributed by atoms with Crippen LogP contribution in [-0.2, 0) is 26.3 Å². The Balaban J connectivity index is 1.47. The molecule has 4 heterocycles. The molecular formula is C19H29N5O3. The lowest BCUT2D eigenvalue weighted by Gasteiger charge is -2.50. The van der Waals surface area contributed by atoms with Crippen LogP contribution in [0.4, 0.5) is 0 Å². The molecular weight excluding hydrogens is 346 g/mol. The van der Waals surface area contributed by atoms with E-state index in [9.17, 15) is 9.59 Å². The van der Waals surface area contributed by atoms with Crippen molar-refractivity contribution in [3.63, 3.8) is 0 Å². The van der Waals surface area contributed by atoms with Crippen molar-refractivity contribution < 1.29 is 14.3 Å². The minimum atomic E-state index is -0.371. The summed E-state index contributed by atoms with van der Waals surface area (Å²) in [6.45, 7) is 6.06. The van der Waals surface area contributed by atoms with Crippen molar-refractivity contribution in [3.8, 4) is 0 Å². The first kappa shape index (κ1) is 18.4. The first-order chi connectivity index (χ1) is 13.1. The first-order valence-corrected chi connectivity index (χ1v) is 10.1. The summed E-state index contributed by atoms with van der Waals surface area (Å²) in [5.41, 5.74) is 1.77. The predicted molar refractivity (Wildman–Crippen MR) is 99.0 cm³/mol. The number of aromatic amines is 1. The van der Waals surface area contributed by atoms with E-state index in [4.69, 9.17) is 4.74 Å². The summed E-state index contributed by atoms with van der Waals surface area (Å²) in [5, 5.41) is 3.35. The molecule has 0 bridgehead atoms. The Hall–Kier alpha value is -1.93. The van der Waals surface area contributed by atoms with Crippen molar-refractivity contribution in [1.82, 2.24) is 25.1 Å². The molecule has 0 aromatic carbocycles. The number of carbonyl (C=O) groups is 2. The molecule has 2 saturated heterocycles. The number of piperidine rings is 1. The molecule has 4 rings (SSSR count). The van der Waals surface area contributed by atoms with E-state index in [-0.39, 0.29) is 23.4 Å². The van der Waals surface area contributed by atoms with Crippen LogP contribution >= 0.6 is 0 Å². The maximum absolute atomic E-state index is 12.7. The van der Waals surface area contributed by atoms with Gasteiger partial charge in [-0.3, -0.25) is 9.59 Å². The van der Waals surface area contributed by atoms with Gasteiger partial charge in [-0.15, -0.1) is 0 Å². The van der Waals surface area contributed by atoms with Gasteiger partial charge >= 0.3 is 0 Å². The molecule has 1 spiro atoms.